The molecule has 0 aromatic heterocycles. The van der Waals surface area contributed by atoms with Gasteiger partial charge >= 0.3 is 0 Å². The number of hydrogen-bond donors (Lipinski definition) is 0. The number of carbonyl (C=O) groups is 2. The quantitative estimate of drug-likeness (QED) is 0.673. The van der Waals surface area contributed by atoms with Crippen LogP contribution in [-0.4, -0.2) is 31.3 Å². The number of methoxy groups -OCH3 is 1. The van der Waals surface area contributed by atoms with Crippen LogP contribution < -0.4 is 14.4 Å². The number of imide groups is 1. The van der Waals surface area contributed by atoms with Gasteiger partial charge in [-0.15, -0.1) is 11.8 Å². The Morgan fingerprint density at radius 2 is 1.70 bits per heavy atom. The van der Waals surface area contributed by atoms with Gasteiger partial charge in [-0.1, -0.05) is 25.1 Å². The summed E-state index contributed by atoms with van der Waals surface area (Å²) in [6, 6.07) is 14.2. The largest absolute Gasteiger partial charge is 0.497 e. The third-order valence-electron chi connectivity index (χ3n) is 4.10. The standard InChI is InChI=1S/C21H21NO4S/c1-4-26-17-8-6-7-15(13-17)22-20(23)18(19(21(22)24)27-5-2)14-9-11-16(25-3)12-10-14/h6-13H,4-5H2,1-3H3. The zero-order chi connectivity index (χ0) is 19.4. The molecule has 5 nitrogen and oxygen atoms in total. The summed E-state index contributed by atoms with van der Waals surface area (Å²) in [5.41, 5.74) is 1.64. The van der Waals surface area contributed by atoms with Crippen LogP contribution in [0.25, 0.3) is 5.57 Å². The molecule has 0 fully saturated rings. The van der Waals surface area contributed by atoms with Gasteiger partial charge in [0, 0.05) is 6.07 Å². The van der Waals surface area contributed by atoms with Crippen molar-refractivity contribution in [2.45, 2.75) is 13.8 Å². The highest BCUT2D eigenvalue weighted by molar-refractivity contribution is 8.04. The fraction of sp³-hybridized carbons (Fsp3) is 0.238. The Hall–Kier alpha value is -2.73. The molecular weight excluding hydrogens is 362 g/mol. The number of ether oxygens (including phenoxy) is 2. The smallest absolute Gasteiger partial charge is 0.272 e. The maximum absolute atomic E-state index is 13.2. The first-order valence-electron chi connectivity index (χ1n) is 8.73. The van der Waals surface area contributed by atoms with E-state index in [1.165, 1.54) is 16.7 Å². The lowest BCUT2D eigenvalue weighted by Crippen LogP contribution is -2.31. The van der Waals surface area contributed by atoms with E-state index in [9.17, 15) is 9.59 Å². The molecule has 1 heterocycles. The zero-order valence-corrected chi connectivity index (χ0v) is 16.3. The minimum atomic E-state index is -0.324. The Bertz CT molecular complexity index is 889. The Morgan fingerprint density at radius 1 is 0.963 bits per heavy atom. The van der Waals surface area contributed by atoms with Gasteiger partial charge in [-0.05, 0) is 42.5 Å². The summed E-state index contributed by atoms with van der Waals surface area (Å²) in [7, 11) is 1.59. The molecule has 0 spiro atoms. The molecule has 0 aliphatic carbocycles. The van der Waals surface area contributed by atoms with Crippen LogP contribution in [0, 0.1) is 0 Å². The van der Waals surface area contributed by atoms with Crippen molar-refractivity contribution in [2.24, 2.45) is 0 Å². The van der Waals surface area contributed by atoms with Crippen molar-refractivity contribution >= 4 is 34.8 Å². The molecule has 0 radical (unpaired) electrons. The van der Waals surface area contributed by atoms with Gasteiger partial charge in [-0.3, -0.25) is 9.59 Å². The lowest BCUT2D eigenvalue weighted by atomic mass is 10.1. The van der Waals surface area contributed by atoms with Crippen LogP contribution in [-0.2, 0) is 9.59 Å². The van der Waals surface area contributed by atoms with E-state index in [4.69, 9.17) is 9.47 Å². The van der Waals surface area contributed by atoms with Crippen LogP contribution in [0.15, 0.2) is 53.4 Å². The number of hydrogen-bond acceptors (Lipinski definition) is 5. The van der Waals surface area contributed by atoms with Gasteiger partial charge in [0.15, 0.2) is 0 Å². The van der Waals surface area contributed by atoms with Crippen molar-refractivity contribution in [2.75, 3.05) is 24.4 Å². The van der Waals surface area contributed by atoms with Crippen LogP contribution in [0.1, 0.15) is 19.4 Å². The van der Waals surface area contributed by atoms with Gasteiger partial charge in [0.1, 0.15) is 11.5 Å². The molecule has 140 valence electrons. The molecule has 27 heavy (non-hydrogen) atoms. The van der Waals surface area contributed by atoms with Crippen molar-refractivity contribution in [3.8, 4) is 11.5 Å². The summed E-state index contributed by atoms with van der Waals surface area (Å²) in [6.45, 7) is 4.36. The first-order chi connectivity index (χ1) is 13.1. The second kappa shape index (κ2) is 8.31. The average Bonchev–Trinajstić information content (AvgIpc) is 2.93. The first kappa shape index (κ1) is 19.0. The van der Waals surface area contributed by atoms with Gasteiger partial charge in [0.05, 0.1) is 29.9 Å². The van der Waals surface area contributed by atoms with E-state index in [2.05, 4.69) is 0 Å². The Labute approximate surface area is 163 Å². The molecule has 1 aliphatic rings. The molecule has 0 N–H and O–H groups in total. The molecule has 0 saturated heterocycles. The number of nitrogens with zero attached hydrogens (tertiary/aromatic N) is 1. The lowest BCUT2D eigenvalue weighted by molar-refractivity contribution is -0.119. The molecule has 2 aromatic carbocycles. The molecule has 0 atom stereocenters. The third kappa shape index (κ3) is 3.71. The van der Waals surface area contributed by atoms with Crippen LogP contribution >= 0.6 is 11.8 Å². The van der Waals surface area contributed by atoms with E-state index in [-0.39, 0.29) is 11.8 Å². The van der Waals surface area contributed by atoms with Crippen molar-refractivity contribution in [1.82, 2.24) is 0 Å². The first-order valence-corrected chi connectivity index (χ1v) is 9.72. The number of amides is 2. The van der Waals surface area contributed by atoms with Crippen molar-refractivity contribution in [3.05, 3.63) is 59.0 Å². The summed E-state index contributed by atoms with van der Waals surface area (Å²) in [6.07, 6.45) is 0. The highest BCUT2D eigenvalue weighted by atomic mass is 32.2. The fourth-order valence-electron chi connectivity index (χ4n) is 2.91. The van der Waals surface area contributed by atoms with Crippen LogP contribution in [0.5, 0.6) is 11.5 Å². The van der Waals surface area contributed by atoms with E-state index in [1.807, 2.05) is 13.8 Å². The summed E-state index contributed by atoms with van der Waals surface area (Å²) in [5, 5.41) is 0. The SMILES string of the molecule is CCOc1cccc(N2C(=O)C(SCC)=C(c3ccc(OC)cc3)C2=O)c1. The summed E-state index contributed by atoms with van der Waals surface area (Å²) < 4.78 is 10.7. The number of carbonyl (C=O) groups excluding carboxylic acids is 2. The maximum Gasteiger partial charge on any atom is 0.272 e. The normalized spacial score (nSPS) is 14.1. The summed E-state index contributed by atoms with van der Waals surface area (Å²) in [4.78, 5) is 27.9. The van der Waals surface area contributed by atoms with E-state index in [0.29, 0.717) is 45.6 Å². The average molecular weight is 383 g/mol. The molecule has 2 amide bonds. The highest BCUT2D eigenvalue weighted by Gasteiger charge is 2.40. The lowest BCUT2D eigenvalue weighted by Gasteiger charge is -2.16. The van der Waals surface area contributed by atoms with Crippen LogP contribution in [0.3, 0.4) is 0 Å². The van der Waals surface area contributed by atoms with Gasteiger partial charge in [0.2, 0.25) is 0 Å². The zero-order valence-electron chi connectivity index (χ0n) is 15.5. The molecule has 6 heteroatoms. The minimum Gasteiger partial charge on any atom is -0.497 e. The Morgan fingerprint density at radius 3 is 2.33 bits per heavy atom. The monoisotopic (exact) mass is 383 g/mol. The van der Waals surface area contributed by atoms with Gasteiger partial charge < -0.3 is 9.47 Å². The third-order valence-corrected chi connectivity index (χ3v) is 5.05. The van der Waals surface area contributed by atoms with Crippen molar-refractivity contribution < 1.29 is 19.1 Å². The number of anilines is 1. The van der Waals surface area contributed by atoms with Crippen LogP contribution in [0.4, 0.5) is 5.69 Å². The number of benzene rings is 2. The minimum absolute atomic E-state index is 0.300. The predicted molar refractivity (Wildman–Crippen MR) is 108 cm³/mol. The molecule has 1 aliphatic heterocycles. The maximum atomic E-state index is 13.2. The predicted octanol–water partition coefficient (Wildman–Crippen LogP) is 4.13. The van der Waals surface area contributed by atoms with E-state index >= 15 is 0 Å². The van der Waals surface area contributed by atoms with E-state index in [0.717, 1.165) is 0 Å². The van der Waals surface area contributed by atoms with Crippen molar-refractivity contribution in [1.29, 1.82) is 0 Å². The molecule has 3 rings (SSSR count). The van der Waals surface area contributed by atoms with Gasteiger partial charge in [0.25, 0.3) is 11.8 Å². The number of rotatable bonds is 7. The summed E-state index contributed by atoms with van der Waals surface area (Å²) >= 11 is 1.38. The molecule has 0 bridgehead atoms. The van der Waals surface area contributed by atoms with E-state index < -0.39 is 0 Å². The van der Waals surface area contributed by atoms with Crippen molar-refractivity contribution in [3.63, 3.8) is 0 Å². The van der Waals surface area contributed by atoms with Gasteiger partial charge in [-0.2, -0.15) is 0 Å². The molecule has 0 unspecified atom stereocenters. The summed E-state index contributed by atoms with van der Waals surface area (Å²) in [5.74, 6) is 1.39. The Kier molecular flexibility index (Phi) is 5.86. The molecule has 2 aromatic rings. The molecular formula is C21H21NO4S. The van der Waals surface area contributed by atoms with E-state index in [1.54, 1.807) is 55.6 Å². The second-order valence-electron chi connectivity index (χ2n) is 5.74. The van der Waals surface area contributed by atoms with Gasteiger partial charge in [-0.25, -0.2) is 4.90 Å². The molecule has 0 saturated carbocycles. The fourth-order valence-corrected chi connectivity index (χ4v) is 3.77. The topological polar surface area (TPSA) is 55.8 Å². The highest BCUT2D eigenvalue weighted by Crippen LogP contribution is 2.39. The second-order valence-corrected chi connectivity index (χ2v) is 7.02. The van der Waals surface area contributed by atoms with Crippen LogP contribution in [0.2, 0.25) is 0 Å². The number of thioether (sulfide) groups is 1. The Balaban J connectivity index is 2.02.